The molecule has 1 aliphatic rings. The van der Waals surface area contributed by atoms with Crippen molar-refractivity contribution < 1.29 is 4.65 Å². The molecule has 0 spiro atoms. The highest BCUT2D eigenvalue weighted by Crippen LogP contribution is 2.07. The van der Waals surface area contributed by atoms with Crippen LogP contribution in [-0.2, 0) is 11.3 Å². The number of nitrogens with zero attached hydrogens (tertiary/aromatic N) is 1. The first-order valence-corrected chi connectivity index (χ1v) is 2.68. The second kappa shape index (κ2) is 1.39. The Morgan fingerprint density at radius 3 is 3.62 bits per heavy atom. The van der Waals surface area contributed by atoms with Crippen LogP contribution in [0.25, 0.3) is 0 Å². The van der Waals surface area contributed by atoms with Gasteiger partial charge in [-0.25, -0.2) is 0 Å². The first-order valence-electron chi connectivity index (χ1n) is 2.68. The fourth-order valence-electron chi connectivity index (χ4n) is 0.955. The smallest absolute Gasteiger partial charge is 0.401 e. The molecule has 1 aliphatic heterocycles. The van der Waals surface area contributed by atoms with E-state index in [1.807, 2.05) is 12.3 Å². The molecule has 0 bridgehead atoms. The van der Waals surface area contributed by atoms with Crippen LogP contribution >= 0.6 is 0 Å². The van der Waals surface area contributed by atoms with Crippen molar-refractivity contribution in [1.82, 2.24) is 4.48 Å². The van der Waals surface area contributed by atoms with Crippen LogP contribution in [0.15, 0.2) is 18.3 Å². The van der Waals surface area contributed by atoms with E-state index in [-0.39, 0.29) is 0 Å². The standard InChI is InChI=1S/C5H6BNO/c1-2-5-4-8-6-7(5)3-1/h1-3,6H,4H2. The predicted octanol–water partition coefficient (Wildman–Crippen LogP) is 0.133. The first kappa shape index (κ1) is 4.21. The van der Waals surface area contributed by atoms with Gasteiger partial charge in [0.2, 0.25) is 0 Å². The Morgan fingerprint density at radius 1 is 1.75 bits per heavy atom. The summed E-state index contributed by atoms with van der Waals surface area (Å²) in [6, 6.07) is 4.12. The van der Waals surface area contributed by atoms with Gasteiger partial charge < -0.3 is 9.13 Å². The zero-order chi connectivity index (χ0) is 5.40. The lowest BCUT2D eigenvalue weighted by atomic mass is 10.3. The second-order valence-electron chi connectivity index (χ2n) is 1.95. The molecular weight excluding hydrogens is 101 g/mol. The van der Waals surface area contributed by atoms with Crippen molar-refractivity contribution in [2.75, 3.05) is 0 Å². The maximum Gasteiger partial charge on any atom is 0.401 e. The van der Waals surface area contributed by atoms with E-state index in [0.717, 1.165) is 14.2 Å². The van der Waals surface area contributed by atoms with Crippen molar-refractivity contribution in [3.05, 3.63) is 24.0 Å². The van der Waals surface area contributed by atoms with Crippen LogP contribution in [0.5, 0.6) is 0 Å². The monoisotopic (exact) mass is 107 g/mol. The number of hydrogen-bond donors (Lipinski definition) is 0. The molecule has 0 saturated heterocycles. The Kier molecular flexibility index (Phi) is 0.731. The molecule has 0 unspecified atom stereocenters. The SMILES string of the molecule is B1OCc2cccn21. The second-order valence-corrected chi connectivity index (χ2v) is 1.95. The minimum atomic E-state index is 0.738. The largest absolute Gasteiger partial charge is 0.413 e. The Balaban J connectivity index is 2.54. The molecule has 2 nitrogen and oxygen atoms in total. The van der Waals surface area contributed by atoms with Crippen LogP contribution in [0.3, 0.4) is 0 Å². The maximum atomic E-state index is 5.12. The summed E-state index contributed by atoms with van der Waals surface area (Å²) in [5.74, 6) is 0. The van der Waals surface area contributed by atoms with E-state index < -0.39 is 0 Å². The lowest BCUT2D eigenvalue weighted by Crippen LogP contribution is -1.97. The molecule has 0 amide bonds. The summed E-state index contributed by atoms with van der Waals surface area (Å²) >= 11 is 0. The summed E-state index contributed by atoms with van der Waals surface area (Å²) in [4.78, 5) is 0. The highest BCUT2D eigenvalue weighted by Gasteiger charge is 2.08. The van der Waals surface area contributed by atoms with Gasteiger partial charge in [0.05, 0.1) is 6.61 Å². The van der Waals surface area contributed by atoms with Crippen molar-refractivity contribution in [2.24, 2.45) is 0 Å². The summed E-state index contributed by atoms with van der Waals surface area (Å²) in [7, 11) is 0.738. The lowest BCUT2D eigenvalue weighted by Gasteiger charge is -1.85. The van der Waals surface area contributed by atoms with Crippen LogP contribution in [0.4, 0.5) is 0 Å². The average molecular weight is 107 g/mol. The van der Waals surface area contributed by atoms with E-state index in [1.54, 1.807) is 0 Å². The molecule has 2 rings (SSSR count). The summed E-state index contributed by atoms with van der Waals surface area (Å²) < 4.78 is 7.22. The Bertz CT molecular complexity index is 178. The molecule has 0 aromatic carbocycles. The van der Waals surface area contributed by atoms with E-state index in [2.05, 4.69) is 10.5 Å². The number of aromatic nitrogens is 1. The molecule has 0 aliphatic carbocycles. The van der Waals surface area contributed by atoms with E-state index in [9.17, 15) is 0 Å². The summed E-state index contributed by atoms with van der Waals surface area (Å²) in [5, 5.41) is 0. The summed E-state index contributed by atoms with van der Waals surface area (Å²) in [6.07, 6.45) is 2.03. The Morgan fingerprint density at radius 2 is 2.75 bits per heavy atom. The van der Waals surface area contributed by atoms with Gasteiger partial charge in [0.15, 0.2) is 0 Å². The first-order chi connectivity index (χ1) is 3.97. The predicted molar refractivity (Wildman–Crippen MR) is 31.8 cm³/mol. The fourth-order valence-corrected chi connectivity index (χ4v) is 0.955. The van der Waals surface area contributed by atoms with Crippen molar-refractivity contribution in [1.29, 1.82) is 0 Å². The van der Waals surface area contributed by atoms with Gasteiger partial charge in [-0.2, -0.15) is 0 Å². The summed E-state index contributed by atoms with van der Waals surface area (Å²) in [5.41, 5.74) is 1.28. The molecule has 0 radical (unpaired) electrons. The molecular formula is C5H6BNO. The van der Waals surface area contributed by atoms with Gasteiger partial charge in [-0.05, 0) is 18.3 Å². The van der Waals surface area contributed by atoms with Crippen LogP contribution in [0.2, 0.25) is 0 Å². The average Bonchev–Trinajstić information content (AvgIpc) is 2.15. The lowest BCUT2D eigenvalue weighted by molar-refractivity contribution is 0.345. The maximum absolute atomic E-state index is 5.12. The van der Waals surface area contributed by atoms with Crippen molar-refractivity contribution in [3.8, 4) is 0 Å². The molecule has 3 heteroatoms. The molecule has 0 fully saturated rings. The third kappa shape index (κ3) is 0.420. The van der Waals surface area contributed by atoms with Crippen LogP contribution in [0.1, 0.15) is 5.69 Å². The van der Waals surface area contributed by atoms with E-state index in [0.29, 0.717) is 0 Å². The quantitative estimate of drug-likeness (QED) is 0.430. The Labute approximate surface area is 48.4 Å². The molecule has 0 N–H and O–H groups in total. The minimum Gasteiger partial charge on any atom is -0.413 e. The van der Waals surface area contributed by atoms with Crippen molar-refractivity contribution in [2.45, 2.75) is 6.61 Å². The van der Waals surface area contributed by atoms with Gasteiger partial charge >= 0.3 is 7.62 Å². The molecule has 0 atom stereocenters. The zero-order valence-corrected chi connectivity index (χ0v) is 4.50. The third-order valence-electron chi connectivity index (χ3n) is 1.40. The molecule has 1 aromatic heterocycles. The van der Waals surface area contributed by atoms with Crippen LogP contribution in [-0.4, -0.2) is 12.1 Å². The molecule has 2 heterocycles. The van der Waals surface area contributed by atoms with Crippen molar-refractivity contribution >= 4 is 7.62 Å². The van der Waals surface area contributed by atoms with Crippen molar-refractivity contribution in [3.63, 3.8) is 0 Å². The highest BCUT2D eigenvalue weighted by atomic mass is 16.4. The van der Waals surface area contributed by atoms with Gasteiger partial charge in [0.1, 0.15) is 0 Å². The molecule has 8 heavy (non-hydrogen) atoms. The minimum absolute atomic E-state index is 0.738. The van der Waals surface area contributed by atoms with Gasteiger partial charge in [-0.3, -0.25) is 0 Å². The Hall–Kier alpha value is -0.695. The van der Waals surface area contributed by atoms with E-state index >= 15 is 0 Å². The molecule has 0 saturated carbocycles. The van der Waals surface area contributed by atoms with E-state index in [1.165, 1.54) is 5.69 Å². The number of rotatable bonds is 0. The number of hydrogen-bond acceptors (Lipinski definition) is 1. The van der Waals surface area contributed by atoms with Crippen LogP contribution < -0.4 is 0 Å². The van der Waals surface area contributed by atoms with Gasteiger partial charge in [0.25, 0.3) is 0 Å². The topological polar surface area (TPSA) is 14.2 Å². The molecule has 40 valence electrons. The van der Waals surface area contributed by atoms with Crippen LogP contribution in [0, 0.1) is 0 Å². The van der Waals surface area contributed by atoms with E-state index in [4.69, 9.17) is 4.65 Å². The van der Waals surface area contributed by atoms with Gasteiger partial charge in [0, 0.05) is 5.69 Å². The fraction of sp³-hybridized carbons (Fsp3) is 0.200. The number of fused-ring (bicyclic) bond motifs is 1. The van der Waals surface area contributed by atoms with Gasteiger partial charge in [-0.15, -0.1) is 0 Å². The highest BCUT2D eigenvalue weighted by molar-refractivity contribution is 6.26. The van der Waals surface area contributed by atoms with Gasteiger partial charge in [-0.1, -0.05) is 0 Å². The third-order valence-corrected chi connectivity index (χ3v) is 1.40. The summed E-state index contributed by atoms with van der Waals surface area (Å²) in [6.45, 7) is 0.785. The molecule has 1 aromatic rings. The normalized spacial score (nSPS) is 15.5. The zero-order valence-electron chi connectivity index (χ0n) is 4.50.